The van der Waals surface area contributed by atoms with Gasteiger partial charge in [-0.15, -0.1) is 0 Å². The van der Waals surface area contributed by atoms with Crippen LogP contribution in [0, 0.1) is 29.8 Å². The molecule has 3 aromatic rings. The number of amides is 1. The first kappa shape index (κ1) is 20.5. The Labute approximate surface area is 170 Å². The number of benzene rings is 1. The second kappa shape index (κ2) is 8.39. The molecule has 0 aliphatic rings. The molecule has 11 heteroatoms. The topological polar surface area (TPSA) is 108 Å². The van der Waals surface area contributed by atoms with Gasteiger partial charge in [0.2, 0.25) is 5.91 Å². The van der Waals surface area contributed by atoms with Gasteiger partial charge in [-0.05, 0) is 31.5 Å². The van der Waals surface area contributed by atoms with Crippen LogP contribution in [0.4, 0.5) is 15.9 Å². The smallest absolute Gasteiger partial charge is 0.308 e. The molecule has 0 fully saturated rings. The van der Waals surface area contributed by atoms with Crippen LogP contribution in [-0.2, 0) is 17.9 Å². The van der Waals surface area contributed by atoms with Crippen LogP contribution in [0.2, 0.25) is 5.02 Å². The van der Waals surface area contributed by atoms with Gasteiger partial charge in [-0.2, -0.15) is 10.2 Å². The summed E-state index contributed by atoms with van der Waals surface area (Å²) in [4.78, 5) is 22.8. The normalized spacial score (nSPS) is 10.9. The highest BCUT2D eigenvalue weighted by Gasteiger charge is 2.22. The summed E-state index contributed by atoms with van der Waals surface area (Å²) in [7, 11) is 0. The molecule has 2 heterocycles. The average Bonchev–Trinajstić information content (AvgIpc) is 3.13. The van der Waals surface area contributed by atoms with Crippen LogP contribution >= 0.6 is 11.6 Å². The van der Waals surface area contributed by atoms with Gasteiger partial charge in [0.05, 0.1) is 18.0 Å². The number of hydrogen-bond donors (Lipinski definition) is 1. The molecule has 29 heavy (non-hydrogen) atoms. The summed E-state index contributed by atoms with van der Waals surface area (Å²) in [6.07, 6.45) is 1.60. The number of halogens is 2. The third-order valence-corrected chi connectivity index (χ3v) is 4.59. The lowest BCUT2D eigenvalue weighted by Gasteiger charge is -2.05. The molecule has 0 radical (unpaired) electrons. The summed E-state index contributed by atoms with van der Waals surface area (Å²) in [5, 5.41) is 22.3. The number of aromatic nitrogens is 4. The third kappa shape index (κ3) is 4.77. The fraction of sp³-hybridized carbons (Fsp3) is 0.278. The second-order valence-electron chi connectivity index (χ2n) is 6.45. The van der Waals surface area contributed by atoms with E-state index in [0.29, 0.717) is 17.9 Å². The molecular formula is C18H18ClFN6O3. The molecule has 0 saturated heterocycles. The van der Waals surface area contributed by atoms with Crippen molar-refractivity contribution in [2.24, 2.45) is 0 Å². The predicted molar refractivity (Wildman–Crippen MR) is 104 cm³/mol. The molecule has 152 valence electrons. The summed E-state index contributed by atoms with van der Waals surface area (Å²) in [5.74, 6) is -0.472. The van der Waals surface area contributed by atoms with Crippen LogP contribution in [-0.4, -0.2) is 30.4 Å². The molecular weight excluding hydrogens is 403 g/mol. The summed E-state index contributed by atoms with van der Waals surface area (Å²) >= 11 is 6.13. The first-order valence-corrected chi connectivity index (χ1v) is 9.08. The Morgan fingerprint density at radius 1 is 1.28 bits per heavy atom. The molecule has 0 spiro atoms. The van der Waals surface area contributed by atoms with E-state index in [1.807, 2.05) is 0 Å². The molecule has 3 rings (SSSR count). The minimum absolute atomic E-state index is 0.0419. The number of carbonyl (C=O) groups excluding carboxylic acids is 1. The van der Waals surface area contributed by atoms with E-state index in [2.05, 4.69) is 15.5 Å². The van der Waals surface area contributed by atoms with Gasteiger partial charge in [0.1, 0.15) is 22.2 Å². The highest BCUT2D eigenvalue weighted by molar-refractivity contribution is 6.33. The Kier molecular flexibility index (Phi) is 5.92. The lowest BCUT2D eigenvalue weighted by atomic mass is 10.2. The Morgan fingerprint density at radius 3 is 2.59 bits per heavy atom. The number of hydrogen-bond acceptors (Lipinski definition) is 5. The molecule has 2 aromatic heterocycles. The number of aryl methyl sites for hydroxylation is 2. The zero-order valence-electron chi connectivity index (χ0n) is 15.7. The van der Waals surface area contributed by atoms with Crippen LogP contribution in [0.25, 0.3) is 0 Å². The molecule has 0 aliphatic heterocycles. The summed E-state index contributed by atoms with van der Waals surface area (Å²) in [6, 6.07) is 5.98. The molecule has 1 aromatic carbocycles. The van der Waals surface area contributed by atoms with Crippen molar-refractivity contribution in [2.45, 2.75) is 33.4 Å². The standard InChI is InChI=1S/C18H18ClFN6O3/c1-11-17(26(28)29)12(2)25(22-11)8-7-16(27)21-18-15(19)10-24(23-18)9-13-3-5-14(20)6-4-13/h3-6,10H,7-9H2,1-2H3,(H,21,23,27). The lowest BCUT2D eigenvalue weighted by Crippen LogP contribution is -2.16. The fourth-order valence-corrected chi connectivity index (χ4v) is 3.11. The minimum atomic E-state index is -0.484. The third-order valence-electron chi connectivity index (χ3n) is 4.31. The van der Waals surface area contributed by atoms with E-state index in [1.54, 1.807) is 32.2 Å². The SMILES string of the molecule is Cc1nn(CCC(=O)Nc2nn(Cc3ccc(F)cc3)cc2Cl)c(C)c1[N+](=O)[O-]. The molecule has 1 N–H and O–H groups in total. The predicted octanol–water partition coefficient (Wildman–Crippen LogP) is 3.47. The van der Waals surface area contributed by atoms with Crippen molar-refractivity contribution in [3.63, 3.8) is 0 Å². The van der Waals surface area contributed by atoms with Crippen LogP contribution in [0.3, 0.4) is 0 Å². The van der Waals surface area contributed by atoms with Crippen LogP contribution in [0.15, 0.2) is 30.5 Å². The molecule has 0 atom stereocenters. The second-order valence-corrected chi connectivity index (χ2v) is 6.85. The van der Waals surface area contributed by atoms with Gasteiger partial charge in [0, 0.05) is 12.6 Å². The maximum absolute atomic E-state index is 13.0. The lowest BCUT2D eigenvalue weighted by molar-refractivity contribution is -0.386. The van der Waals surface area contributed by atoms with E-state index in [4.69, 9.17) is 11.6 Å². The van der Waals surface area contributed by atoms with Crippen molar-refractivity contribution in [1.29, 1.82) is 0 Å². The molecule has 0 saturated carbocycles. The Morgan fingerprint density at radius 2 is 1.97 bits per heavy atom. The monoisotopic (exact) mass is 420 g/mol. The highest BCUT2D eigenvalue weighted by Crippen LogP contribution is 2.23. The maximum atomic E-state index is 13.0. The Balaban J connectivity index is 1.61. The van der Waals surface area contributed by atoms with Gasteiger partial charge in [-0.3, -0.25) is 24.3 Å². The summed E-state index contributed by atoms with van der Waals surface area (Å²) < 4.78 is 16.0. The van der Waals surface area contributed by atoms with E-state index < -0.39 is 4.92 Å². The summed E-state index contributed by atoms with van der Waals surface area (Å²) in [6.45, 7) is 3.69. The quantitative estimate of drug-likeness (QED) is 0.465. The number of carbonyl (C=O) groups is 1. The van der Waals surface area contributed by atoms with Gasteiger partial charge in [-0.25, -0.2) is 4.39 Å². The number of anilines is 1. The summed E-state index contributed by atoms with van der Waals surface area (Å²) in [5.41, 5.74) is 1.47. The Bertz CT molecular complexity index is 1060. The van der Waals surface area contributed by atoms with Crippen molar-refractivity contribution in [2.75, 3.05) is 5.32 Å². The van der Waals surface area contributed by atoms with Gasteiger partial charge >= 0.3 is 5.69 Å². The van der Waals surface area contributed by atoms with E-state index in [0.717, 1.165) is 5.56 Å². The van der Waals surface area contributed by atoms with Crippen molar-refractivity contribution in [3.8, 4) is 0 Å². The van der Waals surface area contributed by atoms with Crippen LogP contribution in [0.5, 0.6) is 0 Å². The zero-order chi connectivity index (χ0) is 21.1. The fourth-order valence-electron chi connectivity index (χ4n) is 2.91. The van der Waals surface area contributed by atoms with Crippen LogP contribution < -0.4 is 5.32 Å². The van der Waals surface area contributed by atoms with E-state index in [9.17, 15) is 19.3 Å². The number of rotatable bonds is 7. The van der Waals surface area contributed by atoms with Crippen LogP contribution in [0.1, 0.15) is 23.4 Å². The molecule has 1 amide bonds. The molecule has 9 nitrogen and oxygen atoms in total. The first-order valence-electron chi connectivity index (χ1n) is 8.70. The first-order chi connectivity index (χ1) is 13.7. The van der Waals surface area contributed by atoms with E-state index in [1.165, 1.54) is 21.5 Å². The molecule has 0 bridgehead atoms. The molecule has 0 aliphatic carbocycles. The highest BCUT2D eigenvalue weighted by atomic mass is 35.5. The van der Waals surface area contributed by atoms with Crippen molar-refractivity contribution < 1.29 is 14.1 Å². The van der Waals surface area contributed by atoms with Crippen molar-refractivity contribution >= 4 is 29.0 Å². The van der Waals surface area contributed by atoms with Gasteiger partial charge < -0.3 is 5.32 Å². The van der Waals surface area contributed by atoms with Crippen molar-refractivity contribution in [1.82, 2.24) is 19.6 Å². The average molecular weight is 421 g/mol. The molecule has 0 unspecified atom stereocenters. The van der Waals surface area contributed by atoms with E-state index in [-0.39, 0.29) is 41.2 Å². The van der Waals surface area contributed by atoms with Gasteiger partial charge in [-0.1, -0.05) is 23.7 Å². The zero-order valence-corrected chi connectivity index (χ0v) is 16.5. The van der Waals surface area contributed by atoms with Gasteiger partial charge in [0.25, 0.3) is 0 Å². The van der Waals surface area contributed by atoms with Crippen molar-refractivity contribution in [3.05, 3.63) is 68.4 Å². The number of nitro groups is 1. The number of nitrogens with zero attached hydrogens (tertiary/aromatic N) is 5. The number of nitrogens with one attached hydrogen (secondary N) is 1. The maximum Gasteiger partial charge on any atom is 0.312 e. The van der Waals surface area contributed by atoms with Gasteiger partial charge in [0.15, 0.2) is 5.82 Å². The minimum Gasteiger partial charge on any atom is -0.308 e. The largest absolute Gasteiger partial charge is 0.312 e. The van der Waals surface area contributed by atoms with E-state index >= 15 is 0 Å². The Hall–Kier alpha value is -3.27.